The Morgan fingerprint density at radius 3 is 2.68 bits per heavy atom. The summed E-state index contributed by atoms with van der Waals surface area (Å²) in [6.45, 7) is 2.48. The van der Waals surface area contributed by atoms with Crippen molar-refractivity contribution in [3.63, 3.8) is 0 Å². The first-order valence-electron chi connectivity index (χ1n) is 11.1. The Bertz CT molecular complexity index is 1100. The molecule has 1 aromatic heterocycles. The average Bonchev–Trinajstić information content (AvgIpc) is 3.34. The molecule has 1 atom stereocenters. The van der Waals surface area contributed by atoms with Crippen LogP contribution < -0.4 is 10.1 Å². The molecule has 0 spiro atoms. The van der Waals surface area contributed by atoms with E-state index in [4.69, 9.17) is 4.74 Å². The van der Waals surface area contributed by atoms with Crippen LogP contribution in [0.25, 0.3) is 5.69 Å². The van der Waals surface area contributed by atoms with Gasteiger partial charge in [-0.15, -0.1) is 5.10 Å². The molecular formula is C25H29N5O4. The first kappa shape index (κ1) is 24.6. The molecular weight excluding hydrogens is 434 g/mol. The Morgan fingerprint density at radius 2 is 1.97 bits per heavy atom. The van der Waals surface area contributed by atoms with E-state index in [-0.39, 0.29) is 25.3 Å². The van der Waals surface area contributed by atoms with Crippen molar-refractivity contribution in [2.75, 3.05) is 13.7 Å². The highest BCUT2D eigenvalue weighted by Gasteiger charge is 2.25. The smallest absolute Gasteiger partial charge is 0.242 e. The van der Waals surface area contributed by atoms with Crippen LogP contribution in [-0.4, -0.2) is 58.2 Å². The maximum Gasteiger partial charge on any atom is 0.242 e. The zero-order valence-electron chi connectivity index (χ0n) is 19.4. The molecule has 9 nitrogen and oxygen atoms in total. The first-order valence-corrected chi connectivity index (χ1v) is 11.1. The van der Waals surface area contributed by atoms with Crippen LogP contribution in [0.3, 0.4) is 0 Å². The molecule has 0 aliphatic carbocycles. The quantitative estimate of drug-likeness (QED) is 0.390. The van der Waals surface area contributed by atoms with E-state index in [9.17, 15) is 14.4 Å². The van der Waals surface area contributed by atoms with Gasteiger partial charge in [0.2, 0.25) is 12.3 Å². The summed E-state index contributed by atoms with van der Waals surface area (Å²) in [5.41, 5.74) is 3.46. The van der Waals surface area contributed by atoms with E-state index in [2.05, 4.69) is 15.6 Å². The number of nitrogens with one attached hydrogen (secondary N) is 1. The van der Waals surface area contributed by atoms with Gasteiger partial charge < -0.3 is 19.7 Å². The van der Waals surface area contributed by atoms with Gasteiger partial charge in [-0.05, 0) is 37.1 Å². The third-order valence-corrected chi connectivity index (χ3v) is 5.53. The Kier molecular flexibility index (Phi) is 8.90. The second-order valence-electron chi connectivity index (χ2n) is 7.79. The van der Waals surface area contributed by atoms with E-state index in [1.54, 1.807) is 4.68 Å². The van der Waals surface area contributed by atoms with Crippen LogP contribution in [0.5, 0.6) is 5.75 Å². The lowest BCUT2D eigenvalue weighted by atomic mass is 10.0. The van der Waals surface area contributed by atoms with Gasteiger partial charge in [0.15, 0.2) is 0 Å². The minimum absolute atomic E-state index is 0.184. The van der Waals surface area contributed by atoms with Crippen molar-refractivity contribution in [1.29, 1.82) is 0 Å². The Balaban J connectivity index is 1.69. The number of aldehydes is 1. The minimum atomic E-state index is -0.742. The van der Waals surface area contributed by atoms with Crippen LogP contribution in [0.1, 0.15) is 29.7 Å². The van der Waals surface area contributed by atoms with E-state index in [1.165, 1.54) is 11.9 Å². The number of benzene rings is 2. The number of nitrogens with zero attached hydrogens (tertiary/aromatic N) is 4. The molecule has 0 bridgehead atoms. The molecule has 178 valence electrons. The van der Waals surface area contributed by atoms with Gasteiger partial charge in [-0.3, -0.25) is 9.59 Å². The highest BCUT2D eigenvalue weighted by Crippen LogP contribution is 2.25. The van der Waals surface area contributed by atoms with Crippen molar-refractivity contribution in [2.24, 2.45) is 0 Å². The molecule has 0 saturated carbocycles. The number of ether oxygens (including phenoxy) is 1. The van der Waals surface area contributed by atoms with Crippen molar-refractivity contribution in [1.82, 2.24) is 25.2 Å². The zero-order chi connectivity index (χ0) is 24.3. The molecule has 1 heterocycles. The van der Waals surface area contributed by atoms with Crippen LogP contribution in [0.2, 0.25) is 0 Å². The number of likely N-dealkylation sites (N-methyl/N-ethyl adjacent to an activating group) is 1. The molecule has 1 unspecified atom stereocenters. The van der Waals surface area contributed by atoms with Gasteiger partial charge >= 0.3 is 0 Å². The van der Waals surface area contributed by atoms with Crippen molar-refractivity contribution in [3.8, 4) is 11.4 Å². The molecule has 34 heavy (non-hydrogen) atoms. The third-order valence-electron chi connectivity index (χ3n) is 5.53. The topological polar surface area (TPSA) is 106 Å². The molecule has 2 amide bonds. The van der Waals surface area contributed by atoms with Crippen LogP contribution in [0.15, 0.2) is 54.7 Å². The van der Waals surface area contributed by atoms with Gasteiger partial charge in [-0.2, -0.15) is 0 Å². The standard InChI is InChI=1S/C25H29N5O4/c1-19-8-6-12-24(22(19)17-29(18-32)23(11-7-14-31)25(33)26-2)34-15-13-20-16-30(28-27-20)21-9-4-3-5-10-21/h3-6,8-10,12,14,16,18,23H,7,11,13,15,17H2,1-2H3,(H,26,33). The number of rotatable bonds is 13. The summed E-state index contributed by atoms with van der Waals surface area (Å²) >= 11 is 0. The fraction of sp³-hybridized carbons (Fsp3) is 0.320. The number of hydrogen-bond donors (Lipinski definition) is 1. The fourth-order valence-electron chi connectivity index (χ4n) is 3.64. The summed E-state index contributed by atoms with van der Waals surface area (Å²) in [5.74, 6) is 0.319. The number of hydrogen-bond acceptors (Lipinski definition) is 6. The molecule has 2 aromatic carbocycles. The average molecular weight is 464 g/mol. The summed E-state index contributed by atoms with van der Waals surface area (Å²) < 4.78 is 7.77. The van der Waals surface area contributed by atoms with Crippen LogP contribution in [0.4, 0.5) is 0 Å². The highest BCUT2D eigenvalue weighted by atomic mass is 16.5. The maximum absolute atomic E-state index is 12.3. The van der Waals surface area contributed by atoms with Gasteiger partial charge in [0.05, 0.1) is 30.7 Å². The van der Waals surface area contributed by atoms with Crippen LogP contribution in [0, 0.1) is 6.92 Å². The summed E-state index contributed by atoms with van der Waals surface area (Å²) in [6, 6.07) is 14.6. The fourth-order valence-corrected chi connectivity index (χ4v) is 3.64. The van der Waals surface area contributed by atoms with E-state index in [1.807, 2.05) is 61.7 Å². The van der Waals surface area contributed by atoms with E-state index >= 15 is 0 Å². The number of aromatic nitrogens is 3. The van der Waals surface area contributed by atoms with Gasteiger partial charge in [-0.1, -0.05) is 35.5 Å². The van der Waals surface area contributed by atoms with Crippen LogP contribution in [-0.2, 0) is 27.3 Å². The second kappa shape index (κ2) is 12.3. The Hall–Kier alpha value is -4.01. The molecule has 0 fully saturated rings. The highest BCUT2D eigenvalue weighted by molar-refractivity contribution is 5.83. The molecule has 0 aliphatic heterocycles. The number of para-hydroxylation sites is 1. The first-order chi connectivity index (χ1) is 16.6. The maximum atomic E-state index is 12.3. The van der Waals surface area contributed by atoms with Crippen molar-refractivity contribution in [3.05, 3.63) is 71.5 Å². The number of amides is 2. The van der Waals surface area contributed by atoms with E-state index < -0.39 is 6.04 Å². The number of carbonyl (C=O) groups is 3. The lowest BCUT2D eigenvalue weighted by Crippen LogP contribution is -2.45. The summed E-state index contributed by atoms with van der Waals surface area (Å²) in [5, 5.41) is 10.9. The SMILES string of the molecule is CNC(=O)C(CCC=O)N(C=O)Cc1c(C)cccc1OCCc1cn(-c2ccccc2)nn1. The molecule has 0 saturated heterocycles. The zero-order valence-corrected chi connectivity index (χ0v) is 19.4. The summed E-state index contributed by atoms with van der Waals surface area (Å²) in [4.78, 5) is 36.5. The predicted octanol–water partition coefficient (Wildman–Crippen LogP) is 2.25. The third kappa shape index (κ3) is 6.28. The number of carbonyl (C=O) groups excluding carboxylic acids is 3. The van der Waals surface area contributed by atoms with Gasteiger partial charge in [-0.25, -0.2) is 4.68 Å². The van der Waals surface area contributed by atoms with Gasteiger partial charge in [0, 0.05) is 25.5 Å². The number of aryl methyl sites for hydroxylation is 1. The van der Waals surface area contributed by atoms with E-state index in [0.717, 1.165) is 28.8 Å². The van der Waals surface area contributed by atoms with Crippen molar-refractivity contribution < 1.29 is 19.1 Å². The normalized spacial score (nSPS) is 11.5. The minimum Gasteiger partial charge on any atom is -0.493 e. The molecule has 0 aliphatic rings. The molecule has 3 rings (SSSR count). The van der Waals surface area contributed by atoms with Crippen LogP contribution >= 0.6 is 0 Å². The van der Waals surface area contributed by atoms with Crippen molar-refractivity contribution in [2.45, 2.75) is 38.8 Å². The monoisotopic (exact) mass is 463 g/mol. The second-order valence-corrected chi connectivity index (χ2v) is 7.79. The summed E-state index contributed by atoms with van der Waals surface area (Å²) in [7, 11) is 1.51. The molecule has 3 aromatic rings. The lowest BCUT2D eigenvalue weighted by molar-refractivity contribution is -0.133. The summed E-state index contributed by atoms with van der Waals surface area (Å²) in [6.07, 6.45) is 4.24. The molecule has 9 heteroatoms. The van der Waals surface area contributed by atoms with Crippen molar-refractivity contribution >= 4 is 18.6 Å². The molecule has 1 N–H and O–H groups in total. The molecule has 0 radical (unpaired) electrons. The predicted molar refractivity (Wildman–Crippen MR) is 126 cm³/mol. The largest absolute Gasteiger partial charge is 0.493 e. The van der Waals surface area contributed by atoms with Gasteiger partial charge in [0.1, 0.15) is 18.1 Å². The van der Waals surface area contributed by atoms with Gasteiger partial charge in [0.25, 0.3) is 0 Å². The Morgan fingerprint density at radius 1 is 1.18 bits per heavy atom. The Labute approximate surface area is 198 Å². The lowest BCUT2D eigenvalue weighted by Gasteiger charge is -2.28. The van der Waals surface area contributed by atoms with E-state index in [0.29, 0.717) is 25.2 Å².